The van der Waals surface area contributed by atoms with Crippen molar-refractivity contribution in [1.29, 1.82) is 0 Å². The molecular weight excluding hydrogens is 392 g/mol. The van der Waals surface area contributed by atoms with Crippen LogP contribution in [0.25, 0.3) is 0 Å². The van der Waals surface area contributed by atoms with Crippen LogP contribution in [0.4, 0.5) is 0 Å². The first kappa shape index (κ1) is 28.8. The van der Waals surface area contributed by atoms with Crippen molar-refractivity contribution in [3.05, 3.63) is 0 Å². The molecule has 30 heavy (non-hydrogen) atoms. The smallest absolute Gasteiger partial charge is 0.306 e. The van der Waals surface area contributed by atoms with Gasteiger partial charge in [0.2, 0.25) is 0 Å². The van der Waals surface area contributed by atoms with Crippen LogP contribution in [-0.2, 0) is 38.0 Å². The van der Waals surface area contributed by atoms with Gasteiger partial charge in [0, 0.05) is 13.0 Å². The number of esters is 1. The second kappa shape index (κ2) is 24.1. The van der Waals surface area contributed by atoms with Crippen molar-refractivity contribution >= 4 is 12.4 Å². The maximum atomic E-state index is 12.0. The van der Waals surface area contributed by atoms with E-state index >= 15 is 0 Å². The second-order valence-electron chi connectivity index (χ2n) is 6.93. The van der Waals surface area contributed by atoms with Crippen LogP contribution >= 0.6 is 0 Å². The van der Waals surface area contributed by atoms with Crippen LogP contribution in [0.5, 0.6) is 0 Å². The Bertz CT molecular complexity index is 378. The van der Waals surface area contributed by atoms with Crippen molar-refractivity contribution in [2.45, 2.75) is 58.8 Å². The zero-order valence-corrected chi connectivity index (χ0v) is 18.9. The van der Waals surface area contributed by atoms with Gasteiger partial charge in [-0.2, -0.15) is 0 Å². The van der Waals surface area contributed by atoms with Gasteiger partial charge in [0.05, 0.1) is 52.9 Å². The maximum Gasteiger partial charge on any atom is 0.306 e. The van der Waals surface area contributed by atoms with E-state index in [0.717, 1.165) is 19.3 Å². The van der Waals surface area contributed by atoms with Gasteiger partial charge in [0.15, 0.2) is 0 Å². The first-order valence-corrected chi connectivity index (χ1v) is 11.3. The molecule has 0 aliphatic rings. The summed E-state index contributed by atoms with van der Waals surface area (Å²) in [6, 6.07) is 0. The molecule has 0 aliphatic heterocycles. The van der Waals surface area contributed by atoms with Gasteiger partial charge < -0.3 is 28.4 Å². The molecule has 178 valence electrons. The molecule has 0 heterocycles. The zero-order valence-electron chi connectivity index (χ0n) is 18.9. The highest BCUT2D eigenvalue weighted by molar-refractivity contribution is 5.69. The Morgan fingerprint density at radius 1 is 0.733 bits per heavy atom. The van der Waals surface area contributed by atoms with E-state index in [9.17, 15) is 9.59 Å². The van der Waals surface area contributed by atoms with Crippen molar-refractivity contribution in [2.75, 3.05) is 66.1 Å². The van der Waals surface area contributed by atoms with E-state index < -0.39 is 0 Å². The first-order chi connectivity index (χ1) is 14.7. The summed E-state index contributed by atoms with van der Waals surface area (Å²) in [6.07, 6.45) is 6.59. The predicted octanol–water partition coefficient (Wildman–Crippen LogP) is 3.16. The topological polar surface area (TPSA) is 89.5 Å². The SMILES string of the molecule is CCCCCCC(CCOC=O)CC(=O)OCCOCCOCCOCCOCC. The number of rotatable bonds is 24. The van der Waals surface area contributed by atoms with E-state index in [1.165, 1.54) is 12.8 Å². The van der Waals surface area contributed by atoms with Crippen LogP contribution in [0.2, 0.25) is 0 Å². The van der Waals surface area contributed by atoms with Gasteiger partial charge in [-0.1, -0.05) is 32.6 Å². The fourth-order valence-corrected chi connectivity index (χ4v) is 2.80. The highest BCUT2D eigenvalue weighted by Gasteiger charge is 2.15. The molecule has 0 aromatic carbocycles. The Hall–Kier alpha value is -1.22. The van der Waals surface area contributed by atoms with Gasteiger partial charge >= 0.3 is 5.97 Å². The average Bonchev–Trinajstić information content (AvgIpc) is 2.74. The van der Waals surface area contributed by atoms with Gasteiger partial charge in [-0.05, 0) is 25.7 Å². The third kappa shape index (κ3) is 21.5. The van der Waals surface area contributed by atoms with Crippen LogP contribution in [0.1, 0.15) is 58.8 Å². The molecule has 1 atom stereocenters. The third-order valence-electron chi connectivity index (χ3n) is 4.44. The van der Waals surface area contributed by atoms with E-state index in [2.05, 4.69) is 6.92 Å². The molecule has 1 unspecified atom stereocenters. The van der Waals surface area contributed by atoms with E-state index in [4.69, 9.17) is 28.4 Å². The fourth-order valence-electron chi connectivity index (χ4n) is 2.80. The molecule has 0 N–H and O–H groups in total. The zero-order chi connectivity index (χ0) is 22.1. The van der Waals surface area contributed by atoms with Crippen LogP contribution in [0, 0.1) is 5.92 Å². The Kier molecular flexibility index (Phi) is 23.1. The number of carbonyl (C=O) groups excluding carboxylic acids is 2. The van der Waals surface area contributed by atoms with E-state index in [0.29, 0.717) is 78.8 Å². The molecule has 8 heteroatoms. The highest BCUT2D eigenvalue weighted by Crippen LogP contribution is 2.19. The van der Waals surface area contributed by atoms with E-state index in [1.54, 1.807) is 0 Å². The van der Waals surface area contributed by atoms with Gasteiger partial charge in [-0.25, -0.2) is 0 Å². The summed E-state index contributed by atoms with van der Waals surface area (Å²) in [5, 5.41) is 0. The fraction of sp³-hybridized carbons (Fsp3) is 0.909. The van der Waals surface area contributed by atoms with Crippen LogP contribution < -0.4 is 0 Å². The lowest BCUT2D eigenvalue weighted by Gasteiger charge is -2.15. The minimum atomic E-state index is -0.231. The lowest BCUT2D eigenvalue weighted by Crippen LogP contribution is -2.17. The Morgan fingerprint density at radius 3 is 1.90 bits per heavy atom. The van der Waals surface area contributed by atoms with E-state index in [-0.39, 0.29) is 18.5 Å². The lowest BCUT2D eigenvalue weighted by molar-refractivity contribution is -0.146. The molecule has 8 nitrogen and oxygen atoms in total. The van der Waals surface area contributed by atoms with Gasteiger partial charge in [0.1, 0.15) is 6.61 Å². The number of ether oxygens (including phenoxy) is 6. The van der Waals surface area contributed by atoms with Crippen LogP contribution in [0.3, 0.4) is 0 Å². The number of carbonyl (C=O) groups is 2. The molecule has 0 bridgehead atoms. The molecule has 0 aromatic rings. The molecule has 0 rings (SSSR count). The first-order valence-electron chi connectivity index (χ1n) is 11.3. The highest BCUT2D eigenvalue weighted by atomic mass is 16.6. The summed E-state index contributed by atoms with van der Waals surface area (Å²) in [5.41, 5.74) is 0. The van der Waals surface area contributed by atoms with Gasteiger partial charge in [-0.3, -0.25) is 9.59 Å². The molecule has 0 aliphatic carbocycles. The molecule has 0 saturated carbocycles. The standard InChI is InChI=1S/C22H42O8/c1-3-5-6-7-8-21(9-10-29-20-23)19-22(24)30-18-17-28-16-15-27-14-13-26-12-11-25-4-2/h20-21H,3-19H2,1-2H3. The molecule has 0 saturated heterocycles. The minimum absolute atomic E-state index is 0.180. The molecule has 0 spiro atoms. The monoisotopic (exact) mass is 434 g/mol. The largest absolute Gasteiger partial charge is 0.468 e. The molecule has 0 amide bonds. The summed E-state index contributed by atoms with van der Waals surface area (Å²) < 4.78 is 31.3. The number of unbranched alkanes of at least 4 members (excludes halogenated alkanes) is 3. The van der Waals surface area contributed by atoms with Gasteiger partial charge in [-0.15, -0.1) is 0 Å². The Morgan fingerprint density at radius 2 is 1.33 bits per heavy atom. The van der Waals surface area contributed by atoms with Crippen molar-refractivity contribution in [3.8, 4) is 0 Å². The lowest BCUT2D eigenvalue weighted by atomic mass is 9.94. The van der Waals surface area contributed by atoms with E-state index in [1.807, 2.05) is 6.92 Å². The van der Waals surface area contributed by atoms with Gasteiger partial charge in [0.25, 0.3) is 6.47 Å². The summed E-state index contributed by atoms with van der Waals surface area (Å²) in [4.78, 5) is 22.4. The average molecular weight is 435 g/mol. The normalized spacial score (nSPS) is 11.9. The molecule has 0 aromatic heterocycles. The maximum absolute atomic E-state index is 12.0. The van der Waals surface area contributed by atoms with Crippen molar-refractivity contribution in [1.82, 2.24) is 0 Å². The summed E-state index contributed by atoms with van der Waals surface area (Å²) in [6.45, 7) is 9.31. The number of hydrogen-bond acceptors (Lipinski definition) is 8. The summed E-state index contributed by atoms with van der Waals surface area (Å²) in [7, 11) is 0. The molecule has 0 fully saturated rings. The Balaban J connectivity index is 3.63. The number of hydrogen-bond donors (Lipinski definition) is 0. The van der Waals surface area contributed by atoms with Crippen LogP contribution in [0.15, 0.2) is 0 Å². The van der Waals surface area contributed by atoms with Crippen LogP contribution in [-0.4, -0.2) is 78.5 Å². The summed E-state index contributed by atoms with van der Waals surface area (Å²) >= 11 is 0. The van der Waals surface area contributed by atoms with Crippen molar-refractivity contribution in [2.24, 2.45) is 5.92 Å². The molecule has 0 radical (unpaired) electrons. The predicted molar refractivity (Wildman–Crippen MR) is 113 cm³/mol. The minimum Gasteiger partial charge on any atom is -0.468 e. The van der Waals surface area contributed by atoms with Crippen molar-refractivity contribution < 1.29 is 38.0 Å². The third-order valence-corrected chi connectivity index (χ3v) is 4.44. The van der Waals surface area contributed by atoms with Crippen molar-refractivity contribution in [3.63, 3.8) is 0 Å². The molecular formula is C22H42O8. The second-order valence-corrected chi connectivity index (χ2v) is 6.93. The Labute approximate surface area is 181 Å². The summed E-state index contributed by atoms with van der Waals surface area (Å²) in [5.74, 6) is -0.0509. The quantitative estimate of drug-likeness (QED) is 0.130.